The van der Waals surface area contributed by atoms with E-state index >= 15 is 0 Å². The molecule has 4 rings (SSSR count). The first-order valence-electron chi connectivity index (χ1n) is 10.4. The predicted octanol–water partition coefficient (Wildman–Crippen LogP) is 5.06. The highest BCUT2D eigenvalue weighted by Gasteiger charge is 2.30. The van der Waals surface area contributed by atoms with Gasteiger partial charge >= 0.3 is 6.18 Å². The van der Waals surface area contributed by atoms with E-state index in [0.29, 0.717) is 29.5 Å². The fraction of sp³-hybridized carbons (Fsp3) is 0.375. The van der Waals surface area contributed by atoms with Gasteiger partial charge in [-0.25, -0.2) is 0 Å². The number of benzene rings is 2. The van der Waals surface area contributed by atoms with Crippen molar-refractivity contribution in [3.8, 4) is 0 Å². The summed E-state index contributed by atoms with van der Waals surface area (Å²) in [6.45, 7) is 7.26. The third-order valence-corrected chi connectivity index (χ3v) is 6.03. The summed E-state index contributed by atoms with van der Waals surface area (Å²) in [4.78, 5) is 17.7. The first kappa shape index (κ1) is 20.7. The Bertz CT molecular complexity index is 973. The molecule has 1 saturated heterocycles. The van der Waals surface area contributed by atoms with Gasteiger partial charge in [-0.2, -0.15) is 13.2 Å². The summed E-state index contributed by atoms with van der Waals surface area (Å²) in [6.07, 6.45) is -1.54. The van der Waals surface area contributed by atoms with Crippen LogP contribution in [0.5, 0.6) is 0 Å². The van der Waals surface area contributed by atoms with E-state index in [-0.39, 0.29) is 5.78 Å². The molecule has 2 aromatic carbocycles. The highest BCUT2D eigenvalue weighted by Crippen LogP contribution is 2.32. The highest BCUT2D eigenvalue weighted by molar-refractivity contribution is 6.13. The second-order valence-corrected chi connectivity index (χ2v) is 7.88. The number of alkyl halides is 3. The fourth-order valence-electron chi connectivity index (χ4n) is 4.23. The van der Waals surface area contributed by atoms with E-state index < -0.39 is 11.7 Å². The third kappa shape index (κ3) is 4.29. The maximum atomic E-state index is 13.0. The van der Waals surface area contributed by atoms with Crippen LogP contribution in [-0.4, -0.2) is 43.4 Å². The van der Waals surface area contributed by atoms with E-state index in [2.05, 4.69) is 22.8 Å². The Balaban J connectivity index is 1.54. The average molecular weight is 414 g/mol. The number of ketones is 1. The molecule has 0 atom stereocenters. The molecule has 30 heavy (non-hydrogen) atoms. The number of carbonyl (C=O) groups excluding carboxylic acids is 1. The lowest BCUT2D eigenvalue weighted by Gasteiger charge is -2.36. The Kier molecular flexibility index (Phi) is 5.69. The topological polar surface area (TPSA) is 23.6 Å². The van der Waals surface area contributed by atoms with Crippen molar-refractivity contribution >= 4 is 17.5 Å². The van der Waals surface area contributed by atoms with E-state index in [1.54, 1.807) is 12.1 Å². The fourth-order valence-corrected chi connectivity index (χ4v) is 4.23. The smallest absolute Gasteiger partial charge is 0.369 e. The van der Waals surface area contributed by atoms with Crippen molar-refractivity contribution in [2.45, 2.75) is 25.9 Å². The number of likely N-dealkylation sites (N-methyl/N-ethyl adjacent to an activating group) is 1. The van der Waals surface area contributed by atoms with Crippen molar-refractivity contribution in [2.75, 3.05) is 37.6 Å². The number of halogens is 3. The van der Waals surface area contributed by atoms with E-state index in [1.807, 2.05) is 12.1 Å². The number of hydrogen-bond donors (Lipinski definition) is 0. The molecule has 1 aliphatic heterocycles. The van der Waals surface area contributed by atoms with Crippen molar-refractivity contribution in [3.63, 3.8) is 0 Å². The van der Waals surface area contributed by atoms with Crippen molar-refractivity contribution in [3.05, 3.63) is 70.3 Å². The molecular formula is C24H25F3N2O. The van der Waals surface area contributed by atoms with Gasteiger partial charge in [0.05, 0.1) is 5.56 Å². The van der Waals surface area contributed by atoms with Gasteiger partial charge in [0.15, 0.2) is 5.78 Å². The number of nitrogens with zero attached hydrogens (tertiary/aromatic N) is 2. The molecule has 0 amide bonds. The Hall–Kier alpha value is -2.60. The molecule has 1 fully saturated rings. The minimum absolute atomic E-state index is 0.0870. The molecule has 0 radical (unpaired) electrons. The summed E-state index contributed by atoms with van der Waals surface area (Å²) in [5, 5.41) is 0. The molecule has 6 heteroatoms. The average Bonchev–Trinajstić information content (AvgIpc) is 2.75. The Labute approximate surface area is 174 Å². The van der Waals surface area contributed by atoms with Crippen molar-refractivity contribution < 1.29 is 18.0 Å². The van der Waals surface area contributed by atoms with E-state index in [0.717, 1.165) is 56.1 Å². The first-order valence-corrected chi connectivity index (χ1v) is 10.4. The molecular weight excluding hydrogens is 389 g/mol. The summed E-state index contributed by atoms with van der Waals surface area (Å²) in [6, 6.07) is 11.1. The van der Waals surface area contributed by atoms with E-state index in [4.69, 9.17) is 0 Å². The number of rotatable bonds is 3. The number of aryl methyl sites for hydroxylation is 1. The summed E-state index contributed by atoms with van der Waals surface area (Å²) in [5.41, 5.74) is 3.09. The molecule has 1 aliphatic carbocycles. The quantitative estimate of drug-likeness (QED) is 0.656. The molecule has 2 aliphatic rings. The lowest BCUT2D eigenvalue weighted by Crippen LogP contribution is -2.46. The second-order valence-electron chi connectivity index (χ2n) is 7.88. The monoisotopic (exact) mass is 414 g/mol. The summed E-state index contributed by atoms with van der Waals surface area (Å²) >= 11 is 0. The van der Waals surface area contributed by atoms with Crippen LogP contribution < -0.4 is 4.90 Å². The van der Waals surface area contributed by atoms with Gasteiger partial charge < -0.3 is 9.80 Å². The summed E-state index contributed by atoms with van der Waals surface area (Å²) in [7, 11) is 0. The minimum atomic E-state index is -4.39. The highest BCUT2D eigenvalue weighted by atomic mass is 19.4. The van der Waals surface area contributed by atoms with Crippen LogP contribution in [0.3, 0.4) is 0 Å². The van der Waals surface area contributed by atoms with Gasteiger partial charge in [-0.15, -0.1) is 0 Å². The minimum Gasteiger partial charge on any atom is -0.369 e. The molecule has 3 nitrogen and oxygen atoms in total. The van der Waals surface area contributed by atoms with Gasteiger partial charge in [-0.1, -0.05) is 19.1 Å². The number of piperazine rings is 1. The Morgan fingerprint density at radius 2 is 1.77 bits per heavy atom. The Morgan fingerprint density at radius 1 is 1.00 bits per heavy atom. The Morgan fingerprint density at radius 3 is 2.47 bits per heavy atom. The zero-order valence-corrected chi connectivity index (χ0v) is 17.0. The number of anilines is 1. The van der Waals surface area contributed by atoms with Crippen molar-refractivity contribution in [2.24, 2.45) is 0 Å². The number of hydrogen-bond acceptors (Lipinski definition) is 3. The summed E-state index contributed by atoms with van der Waals surface area (Å²) in [5.74, 6) is -0.0870. The zero-order valence-electron chi connectivity index (χ0n) is 17.0. The number of allylic oxidation sites excluding steroid dienone is 1. The number of carbonyl (C=O) groups is 1. The molecule has 0 bridgehead atoms. The normalized spacial score (nSPS) is 19.3. The molecule has 0 spiro atoms. The van der Waals surface area contributed by atoms with Crippen LogP contribution in [0.4, 0.5) is 18.9 Å². The molecule has 0 N–H and O–H groups in total. The summed E-state index contributed by atoms with van der Waals surface area (Å²) < 4.78 is 38.9. The number of Topliss-reactive ketones (excluding diaryl/α,β-unsaturated/α-hetero) is 1. The van der Waals surface area contributed by atoms with Gasteiger partial charge in [0.2, 0.25) is 0 Å². The van der Waals surface area contributed by atoms with Gasteiger partial charge in [-0.3, -0.25) is 4.79 Å². The molecule has 158 valence electrons. The van der Waals surface area contributed by atoms with Crippen LogP contribution in [0.15, 0.2) is 48.0 Å². The zero-order chi connectivity index (χ0) is 21.3. The maximum absolute atomic E-state index is 13.0. The van der Waals surface area contributed by atoms with Gasteiger partial charge in [0.25, 0.3) is 0 Å². The molecule has 2 aromatic rings. The third-order valence-electron chi connectivity index (χ3n) is 6.03. The van der Waals surface area contributed by atoms with Crippen LogP contribution >= 0.6 is 0 Å². The SMILES string of the molecule is CCN1CCN(c2ccc3c(c2)CC/C(=C\c2cccc(C(F)(F)F)c2)C3=O)CC1. The molecule has 0 saturated carbocycles. The molecule has 1 heterocycles. The van der Waals surface area contributed by atoms with Gasteiger partial charge in [0, 0.05) is 43.0 Å². The first-order chi connectivity index (χ1) is 14.3. The van der Waals surface area contributed by atoms with Gasteiger partial charge in [0.1, 0.15) is 0 Å². The van der Waals surface area contributed by atoms with Crippen LogP contribution in [0.25, 0.3) is 6.08 Å². The lowest BCUT2D eigenvalue weighted by atomic mass is 9.85. The van der Waals surface area contributed by atoms with Crippen molar-refractivity contribution in [1.29, 1.82) is 0 Å². The lowest BCUT2D eigenvalue weighted by molar-refractivity contribution is -0.137. The van der Waals surface area contributed by atoms with Crippen LogP contribution in [-0.2, 0) is 12.6 Å². The van der Waals surface area contributed by atoms with Crippen molar-refractivity contribution in [1.82, 2.24) is 4.90 Å². The second kappa shape index (κ2) is 8.26. The van der Waals surface area contributed by atoms with Crippen LogP contribution in [0.1, 0.15) is 40.4 Å². The van der Waals surface area contributed by atoms with E-state index in [9.17, 15) is 18.0 Å². The largest absolute Gasteiger partial charge is 0.416 e. The van der Waals surface area contributed by atoms with Crippen LogP contribution in [0.2, 0.25) is 0 Å². The molecule has 0 aromatic heterocycles. The van der Waals surface area contributed by atoms with Crippen LogP contribution in [0, 0.1) is 0 Å². The number of fused-ring (bicyclic) bond motifs is 1. The standard InChI is InChI=1S/C24H25F3N2O/c1-2-28-10-12-29(13-11-28)21-8-9-22-18(16-21)6-7-19(23(22)30)14-17-4-3-5-20(15-17)24(25,26)27/h3-5,8-9,14-16H,2,6-7,10-13H2,1H3/b19-14+. The van der Waals surface area contributed by atoms with Gasteiger partial charge in [-0.05, 0) is 66.9 Å². The maximum Gasteiger partial charge on any atom is 0.416 e. The predicted molar refractivity (Wildman–Crippen MR) is 113 cm³/mol. The van der Waals surface area contributed by atoms with E-state index in [1.165, 1.54) is 6.07 Å². The molecule has 0 unspecified atom stereocenters.